The second kappa shape index (κ2) is 4.28. The highest BCUT2D eigenvalue weighted by atomic mass is 16.6. The zero-order chi connectivity index (χ0) is 8.04. The summed E-state index contributed by atoms with van der Waals surface area (Å²) in [7, 11) is 0. The Kier molecular flexibility index (Phi) is 4.03. The van der Waals surface area contributed by atoms with Gasteiger partial charge in [0.1, 0.15) is 6.61 Å². The summed E-state index contributed by atoms with van der Waals surface area (Å²) in [5.41, 5.74) is -0.147. The largest absolute Gasteiger partial charge is 0.465 e. The monoisotopic (exact) mass is 146 g/mol. The second-order valence-corrected chi connectivity index (χ2v) is 2.93. The maximum Gasteiger partial charge on any atom is 0.293 e. The molecule has 0 aromatic rings. The van der Waals surface area contributed by atoms with Crippen LogP contribution in [0.2, 0.25) is 0 Å². The Labute approximate surface area is 61.3 Å². The van der Waals surface area contributed by atoms with Gasteiger partial charge in [0.2, 0.25) is 0 Å². The summed E-state index contributed by atoms with van der Waals surface area (Å²) >= 11 is 0. The second-order valence-electron chi connectivity index (χ2n) is 2.93. The summed E-state index contributed by atoms with van der Waals surface area (Å²) in [5, 5.41) is 0. The smallest absolute Gasteiger partial charge is 0.293 e. The summed E-state index contributed by atoms with van der Waals surface area (Å²) in [5.74, 6) is 0. The van der Waals surface area contributed by atoms with Crippen molar-refractivity contribution in [2.24, 2.45) is 0 Å². The minimum Gasteiger partial charge on any atom is -0.465 e. The van der Waals surface area contributed by atoms with Gasteiger partial charge in [0, 0.05) is 0 Å². The van der Waals surface area contributed by atoms with Crippen LogP contribution in [0.4, 0.5) is 0 Å². The molecule has 0 fully saturated rings. The van der Waals surface area contributed by atoms with Crippen molar-refractivity contribution in [3.8, 4) is 0 Å². The van der Waals surface area contributed by atoms with Crippen LogP contribution in [0.15, 0.2) is 0 Å². The van der Waals surface area contributed by atoms with E-state index in [9.17, 15) is 4.79 Å². The highest BCUT2D eigenvalue weighted by molar-refractivity contribution is 5.36. The van der Waals surface area contributed by atoms with Crippen LogP contribution in [0.5, 0.6) is 0 Å². The summed E-state index contributed by atoms with van der Waals surface area (Å²) in [4.78, 5) is 9.65. The van der Waals surface area contributed by atoms with Crippen LogP contribution < -0.4 is 0 Å². The average molecular weight is 146 g/mol. The predicted octanol–water partition coefficient (Wildman–Crippen LogP) is 0.974. The van der Waals surface area contributed by atoms with E-state index in [2.05, 4.69) is 4.74 Å². The third kappa shape index (κ3) is 7.43. The Morgan fingerprint density at radius 1 is 1.30 bits per heavy atom. The Bertz CT molecular complexity index is 93.5. The van der Waals surface area contributed by atoms with Gasteiger partial charge in [-0.15, -0.1) is 0 Å². The van der Waals surface area contributed by atoms with Gasteiger partial charge < -0.3 is 9.47 Å². The molecule has 0 bridgehead atoms. The van der Waals surface area contributed by atoms with Crippen LogP contribution in [-0.4, -0.2) is 25.3 Å². The Hall–Kier alpha value is -0.570. The van der Waals surface area contributed by atoms with E-state index in [0.717, 1.165) is 0 Å². The number of hydrogen-bond donors (Lipinski definition) is 0. The van der Waals surface area contributed by atoms with Crippen LogP contribution in [0.1, 0.15) is 20.8 Å². The fourth-order valence-electron chi connectivity index (χ4n) is 0.444. The van der Waals surface area contributed by atoms with Crippen molar-refractivity contribution in [3.05, 3.63) is 0 Å². The molecule has 0 rings (SSSR count). The van der Waals surface area contributed by atoms with Crippen molar-refractivity contribution in [3.63, 3.8) is 0 Å². The third-order valence-corrected chi connectivity index (χ3v) is 0.804. The first kappa shape index (κ1) is 9.43. The van der Waals surface area contributed by atoms with Gasteiger partial charge in [-0.3, -0.25) is 4.79 Å². The van der Waals surface area contributed by atoms with Gasteiger partial charge in [-0.2, -0.15) is 0 Å². The molecule has 0 aromatic heterocycles. The summed E-state index contributed by atoms with van der Waals surface area (Å²) in [6, 6.07) is 0. The van der Waals surface area contributed by atoms with Gasteiger partial charge in [0.25, 0.3) is 6.47 Å². The molecule has 0 radical (unpaired) electrons. The van der Waals surface area contributed by atoms with Crippen molar-refractivity contribution in [1.82, 2.24) is 0 Å². The van der Waals surface area contributed by atoms with Gasteiger partial charge in [0.15, 0.2) is 0 Å². The van der Waals surface area contributed by atoms with E-state index in [1.807, 2.05) is 20.8 Å². The Morgan fingerprint density at radius 3 is 2.30 bits per heavy atom. The van der Waals surface area contributed by atoms with Crippen LogP contribution >= 0.6 is 0 Å². The molecule has 0 atom stereocenters. The number of carbonyl (C=O) groups is 1. The lowest BCUT2D eigenvalue weighted by Gasteiger charge is -2.18. The van der Waals surface area contributed by atoms with Crippen LogP contribution in [0.3, 0.4) is 0 Å². The molecule has 0 saturated heterocycles. The van der Waals surface area contributed by atoms with E-state index in [4.69, 9.17) is 4.74 Å². The van der Waals surface area contributed by atoms with Crippen LogP contribution in [-0.2, 0) is 14.3 Å². The quantitative estimate of drug-likeness (QED) is 0.438. The first-order valence-corrected chi connectivity index (χ1v) is 3.25. The molecule has 3 nitrogen and oxygen atoms in total. The summed E-state index contributed by atoms with van der Waals surface area (Å²) < 4.78 is 9.67. The normalized spacial score (nSPS) is 11.1. The van der Waals surface area contributed by atoms with E-state index in [-0.39, 0.29) is 5.60 Å². The molecule has 3 heteroatoms. The van der Waals surface area contributed by atoms with E-state index < -0.39 is 0 Å². The molecular formula is C7H14O3. The first-order valence-electron chi connectivity index (χ1n) is 3.25. The van der Waals surface area contributed by atoms with E-state index in [1.54, 1.807) is 0 Å². The van der Waals surface area contributed by atoms with Gasteiger partial charge in [-0.05, 0) is 20.8 Å². The zero-order valence-corrected chi connectivity index (χ0v) is 6.72. The fraction of sp³-hybridized carbons (Fsp3) is 0.857. The van der Waals surface area contributed by atoms with Gasteiger partial charge in [0.05, 0.1) is 12.2 Å². The standard InChI is InChI=1S/C7H14O3/c1-7(2,3)10-5-4-9-6-8/h6H,4-5H2,1-3H3. The van der Waals surface area contributed by atoms with Crippen LogP contribution in [0.25, 0.3) is 0 Å². The topological polar surface area (TPSA) is 35.5 Å². The molecule has 0 heterocycles. The molecule has 0 saturated carbocycles. The Morgan fingerprint density at radius 2 is 1.90 bits per heavy atom. The lowest BCUT2D eigenvalue weighted by atomic mass is 10.2. The SMILES string of the molecule is CC(C)(C)OCCOC=O. The van der Waals surface area contributed by atoms with Crippen molar-refractivity contribution in [2.45, 2.75) is 26.4 Å². The molecule has 0 aliphatic carbocycles. The lowest BCUT2D eigenvalue weighted by molar-refractivity contribution is -0.131. The molecular weight excluding hydrogens is 132 g/mol. The number of carbonyl (C=O) groups excluding carboxylic acids is 1. The minimum absolute atomic E-state index is 0.147. The molecule has 0 unspecified atom stereocenters. The molecule has 0 spiro atoms. The van der Waals surface area contributed by atoms with Gasteiger partial charge >= 0.3 is 0 Å². The van der Waals surface area contributed by atoms with Crippen molar-refractivity contribution >= 4 is 6.47 Å². The molecule has 0 aliphatic heterocycles. The highest BCUT2D eigenvalue weighted by Crippen LogP contribution is 2.05. The summed E-state index contributed by atoms with van der Waals surface area (Å²) in [6.07, 6.45) is 0. The minimum atomic E-state index is -0.147. The number of rotatable bonds is 4. The maximum atomic E-state index is 9.65. The third-order valence-electron chi connectivity index (χ3n) is 0.804. The molecule has 60 valence electrons. The summed E-state index contributed by atoms with van der Waals surface area (Å²) in [6.45, 7) is 7.07. The molecule has 0 amide bonds. The van der Waals surface area contributed by atoms with Crippen molar-refractivity contribution in [2.75, 3.05) is 13.2 Å². The zero-order valence-electron chi connectivity index (χ0n) is 6.72. The maximum absolute atomic E-state index is 9.65. The number of ether oxygens (including phenoxy) is 2. The highest BCUT2D eigenvalue weighted by Gasteiger charge is 2.08. The van der Waals surface area contributed by atoms with E-state index >= 15 is 0 Å². The van der Waals surface area contributed by atoms with Crippen molar-refractivity contribution < 1.29 is 14.3 Å². The van der Waals surface area contributed by atoms with Crippen LogP contribution in [0, 0.1) is 0 Å². The lowest BCUT2D eigenvalue weighted by Crippen LogP contribution is -2.21. The number of hydrogen-bond acceptors (Lipinski definition) is 3. The van der Waals surface area contributed by atoms with E-state index in [1.165, 1.54) is 0 Å². The molecule has 0 N–H and O–H groups in total. The average Bonchev–Trinajstić information content (AvgIpc) is 1.78. The van der Waals surface area contributed by atoms with E-state index in [0.29, 0.717) is 19.7 Å². The first-order chi connectivity index (χ1) is 4.56. The van der Waals surface area contributed by atoms with Crippen molar-refractivity contribution in [1.29, 1.82) is 0 Å². The van der Waals surface area contributed by atoms with Gasteiger partial charge in [-0.25, -0.2) is 0 Å². The molecule has 10 heavy (non-hydrogen) atoms. The molecule has 0 aromatic carbocycles. The predicted molar refractivity (Wildman–Crippen MR) is 37.7 cm³/mol. The Balaban J connectivity index is 3.12. The van der Waals surface area contributed by atoms with Gasteiger partial charge in [-0.1, -0.05) is 0 Å². The fourth-order valence-corrected chi connectivity index (χ4v) is 0.444. The molecule has 0 aliphatic rings.